The Morgan fingerprint density at radius 3 is 1.74 bits per heavy atom. The number of carbonyl (C=O) groups excluding carboxylic acids is 1. The summed E-state index contributed by atoms with van der Waals surface area (Å²) in [6, 6.07) is 19.9. The quantitative estimate of drug-likeness (QED) is 0.856. The summed E-state index contributed by atoms with van der Waals surface area (Å²) in [5.74, 6) is -0.0160. The average molecular weight is 318 g/mol. The largest absolute Gasteiger partial charge is 0.344 e. The highest BCUT2D eigenvalue weighted by Crippen LogP contribution is 2.22. The number of halogens is 1. The van der Waals surface area contributed by atoms with Gasteiger partial charge < -0.3 is 5.32 Å². The zero-order chi connectivity index (χ0) is 13.7. The highest BCUT2D eigenvalue weighted by Gasteiger charge is 2.18. The van der Waals surface area contributed by atoms with Crippen LogP contribution in [0.15, 0.2) is 60.7 Å². The lowest BCUT2D eigenvalue weighted by molar-refractivity contribution is -0.120. The third kappa shape index (κ3) is 3.67. The minimum Gasteiger partial charge on any atom is -0.344 e. The van der Waals surface area contributed by atoms with Crippen molar-refractivity contribution in [3.63, 3.8) is 0 Å². The molecule has 0 aliphatic heterocycles. The van der Waals surface area contributed by atoms with Gasteiger partial charge in [-0.15, -0.1) is 0 Å². The first-order chi connectivity index (χ1) is 9.18. The number of carbonyl (C=O) groups is 1. The van der Waals surface area contributed by atoms with Crippen LogP contribution in [-0.2, 0) is 4.79 Å². The van der Waals surface area contributed by atoms with Gasteiger partial charge in [-0.05, 0) is 18.1 Å². The predicted octanol–water partition coefficient (Wildman–Crippen LogP) is 3.68. The molecule has 2 aromatic carbocycles. The standard InChI is InChI=1S/C16H16BrNO/c1-12(17)16(19)18-15(13-8-4-2-5-9-13)14-10-6-3-7-11-14/h2-12,15H,1H3,(H,18,19)/t12-/m0/s1. The van der Waals surface area contributed by atoms with Crippen molar-refractivity contribution in [1.82, 2.24) is 5.32 Å². The van der Waals surface area contributed by atoms with Crippen molar-refractivity contribution >= 4 is 21.8 Å². The zero-order valence-electron chi connectivity index (χ0n) is 10.7. The van der Waals surface area contributed by atoms with Gasteiger partial charge in [0.2, 0.25) is 5.91 Å². The van der Waals surface area contributed by atoms with Gasteiger partial charge in [0.05, 0.1) is 10.9 Å². The van der Waals surface area contributed by atoms with Crippen LogP contribution in [0.3, 0.4) is 0 Å². The molecule has 0 spiro atoms. The molecule has 1 atom stereocenters. The first kappa shape index (κ1) is 13.8. The predicted molar refractivity (Wildman–Crippen MR) is 81.3 cm³/mol. The minimum absolute atomic E-state index is 0.0160. The fourth-order valence-corrected chi connectivity index (χ4v) is 2.04. The van der Waals surface area contributed by atoms with Crippen LogP contribution >= 0.6 is 15.9 Å². The smallest absolute Gasteiger partial charge is 0.234 e. The number of hydrogen-bond acceptors (Lipinski definition) is 1. The van der Waals surface area contributed by atoms with E-state index in [9.17, 15) is 4.79 Å². The van der Waals surface area contributed by atoms with Gasteiger partial charge in [-0.1, -0.05) is 76.6 Å². The topological polar surface area (TPSA) is 29.1 Å². The molecule has 0 unspecified atom stereocenters. The molecule has 19 heavy (non-hydrogen) atoms. The molecule has 0 bridgehead atoms. The number of hydrogen-bond donors (Lipinski definition) is 1. The second-order valence-corrected chi connectivity index (χ2v) is 5.75. The molecule has 3 heteroatoms. The van der Waals surface area contributed by atoms with Crippen molar-refractivity contribution in [1.29, 1.82) is 0 Å². The summed E-state index contributed by atoms with van der Waals surface area (Å²) in [6.45, 7) is 1.82. The third-order valence-electron chi connectivity index (χ3n) is 2.91. The number of rotatable bonds is 4. The monoisotopic (exact) mass is 317 g/mol. The molecule has 2 rings (SSSR count). The van der Waals surface area contributed by atoms with Crippen molar-refractivity contribution in [2.24, 2.45) is 0 Å². The van der Waals surface area contributed by atoms with Crippen molar-refractivity contribution in [2.75, 3.05) is 0 Å². The van der Waals surface area contributed by atoms with Gasteiger partial charge in [-0.2, -0.15) is 0 Å². The summed E-state index contributed by atoms with van der Waals surface area (Å²) < 4.78 is 0. The van der Waals surface area contributed by atoms with E-state index >= 15 is 0 Å². The lowest BCUT2D eigenvalue weighted by atomic mass is 9.98. The van der Waals surface area contributed by atoms with Crippen LogP contribution < -0.4 is 5.32 Å². The summed E-state index contributed by atoms with van der Waals surface area (Å²) in [5.41, 5.74) is 2.16. The Kier molecular flexibility index (Phi) is 4.74. The number of alkyl halides is 1. The van der Waals surface area contributed by atoms with Crippen LogP contribution in [0.1, 0.15) is 24.1 Å². The lowest BCUT2D eigenvalue weighted by Crippen LogP contribution is -2.33. The van der Waals surface area contributed by atoms with Crippen molar-refractivity contribution in [3.8, 4) is 0 Å². The van der Waals surface area contributed by atoms with Gasteiger partial charge in [-0.3, -0.25) is 4.79 Å². The van der Waals surface area contributed by atoms with E-state index in [-0.39, 0.29) is 16.8 Å². The average Bonchev–Trinajstić information content (AvgIpc) is 2.46. The molecule has 0 aliphatic carbocycles. The summed E-state index contributed by atoms with van der Waals surface area (Å²) in [5, 5.41) is 3.06. The van der Waals surface area contributed by atoms with Crippen LogP contribution in [0.5, 0.6) is 0 Å². The molecule has 0 fully saturated rings. The molecule has 2 aromatic rings. The zero-order valence-corrected chi connectivity index (χ0v) is 12.3. The van der Waals surface area contributed by atoms with E-state index in [1.807, 2.05) is 67.6 Å². The lowest BCUT2D eigenvalue weighted by Gasteiger charge is -2.20. The number of nitrogens with one attached hydrogen (secondary N) is 1. The van der Waals surface area contributed by atoms with Gasteiger partial charge >= 0.3 is 0 Å². The Hall–Kier alpha value is -1.61. The second kappa shape index (κ2) is 6.53. The SMILES string of the molecule is C[C@H](Br)C(=O)NC(c1ccccc1)c1ccccc1. The van der Waals surface area contributed by atoms with Gasteiger partial charge in [0.25, 0.3) is 0 Å². The molecule has 98 valence electrons. The Labute approximate surface area is 122 Å². The van der Waals surface area contributed by atoms with E-state index in [1.54, 1.807) is 0 Å². The van der Waals surface area contributed by atoms with Gasteiger partial charge in [0, 0.05) is 0 Å². The van der Waals surface area contributed by atoms with Gasteiger partial charge in [0.15, 0.2) is 0 Å². The maximum Gasteiger partial charge on any atom is 0.234 e. The molecule has 2 nitrogen and oxygen atoms in total. The molecule has 0 saturated carbocycles. The van der Waals surface area contributed by atoms with Gasteiger partial charge in [-0.25, -0.2) is 0 Å². The maximum absolute atomic E-state index is 11.9. The molecule has 0 aliphatic rings. The Bertz CT molecular complexity index is 485. The molecule has 0 radical (unpaired) electrons. The summed E-state index contributed by atoms with van der Waals surface area (Å²) in [4.78, 5) is 11.7. The fraction of sp³-hybridized carbons (Fsp3) is 0.188. The normalized spacial score (nSPS) is 12.2. The number of amides is 1. The first-order valence-corrected chi connectivity index (χ1v) is 7.14. The molecule has 0 saturated heterocycles. The molecule has 0 heterocycles. The summed E-state index contributed by atoms with van der Waals surface area (Å²) in [6.07, 6.45) is 0. The summed E-state index contributed by atoms with van der Waals surface area (Å²) in [7, 11) is 0. The number of benzene rings is 2. The van der Waals surface area contributed by atoms with Gasteiger partial charge in [0.1, 0.15) is 0 Å². The van der Waals surface area contributed by atoms with Crippen molar-refractivity contribution in [3.05, 3.63) is 71.8 Å². The highest BCUT2D eigenvalue weighted by molar-refractivity contribution is 9.10. The molecular formula is C16H16BrNO. The van der Waals surface area contributed by atoms with E-state index in [0.29, 0.717) is 0 Å². The maximum atomic E-state index is 11.9. The fourth-order valence-electron chi connectivity index (χ4n) is 1.91. The van der Waals surface area contributed by atoms with Crippen LogP contribution in [-0.4, -0.2) is 10.7 Å². The molecular weight excluding hydrogens is 302 g/mol. The van der Waals surface area contributed by atoms with Crippen molar-refractivity contribution in [2.45, 2.75) is 17.8 Å². The van der Waals surface area contributed by atoms with E-state index in [4.69, 9.17) is 0 Å². The summed E-state index contributed by atoms with van der Waals surface area (Å²) >= 11 is 3.30. The van der Waals surface area contributed by atoms with Crippen LogP contribution in [0, 0.1) is 0 Å². The molecule has 1 N–H and O–H groups in total. The van der Waals surface area contributed by atoms with E-state index in [0.717, 1.165) is 11.1 Å². The van der Waals surface area contributed by atoms with E-state index < -0.39 is 0 Å². The Balaban J connectivity index is 2.32. The molecule has 1 amide bonds. The first-order valence-electron chi connectivity index (χ1n) is 6.23. The second-order valence-electron chi connectivity index (χ2n) is 4.38. The highest BCUT2D eigenvalue weighted by atomic mass is 79.9. The van der Waals surface area contributed by atoms with Crippen molar-refractivity contribution < 1.29 is 4.79 Å². The van der Waals surface area contributed by atoms with Crippen LogP contribution in [0.4, 0.5) is 0 Å². The van der Waals surface area contributed by atoms with Crippen LogP contribution in [0.25, 0.3) is 0 Å². The van der Waals surface area contributed by atoms with E-state index in [2.05, 4.69) is 21.2 Å². The van der Waals surface area contributed by atoms with E-state index in [1.165, 1.54) is 0 Å². The molecule has 0 aromatic heterocycles. The minimum atomic E-state index is -0.206. The Morgan fingerprint density at radius 1 is 0.947 bits per heavy atom. The third-order valence-corrected chi connectivity index (χ3v) is 3.33. The van der Waals surface area contributed by atoms with Crippen LogP contribution in [0.2, 0.25) is 0 Å². The Morgan fingerprint density at radius 2 is 1.37 bits per heavy atom.